The number of nitrogens with one attached hydrogen (secondary N) is 1. The van der Waals surface area contributed by atoms with Crippen molar-refractivity contribution in [3.63, 3.8) is 0 Å². The number of rotatable bonds is 2. The molecule has 1 rings (SSSR count). The molecule has 0 aromatic heterocycles. The maximum atomic E-state index is 11.4. The van der Waals surface area contributed by atoms with Crippen LogP contribution in [0.2, 0.25) is 0 Å². The van der Waals surface area contributed by atoms with Gasteiger partial charge < -0.3 is 10.1 Å². The van der Waals surface area contributed by atoms with Crippen molar-refractivity contribution >= 4 is 27.7 Å². The fraction of sp³-hybridized carbons (Fsp3) is 0.357. The number of carbonyl (C=O) groups excluding carboxylic acids is 1. The molecule has 0 aliphatic carbocycles. The lowest BCUT2D eigenvalue weighted by atomic mass is 10.2. The number of hydrogen-bond acceptors (Lipinski definition) is 4. The van der Waals surface area contributed by atoms with Crippen molar-refractivity contribution in [2.45, 2.75) is 26.4 Å². The van der Waals surface area contributed by atoms with Gasteiger partial charge in [-0.25, -0.2) is 4.79 Å². The van der Waals surface area contributed by atoms with E-state index in [2.05, 4.69) is 33.1 Å². The van der Waals surface area contributed by atoms with Crippen LogP contribution in [-0.4, -0.2) is 23.2 Å². The van der Waals surface area contributed by atoms with E-state index in [1.54, 1.807) is 32.9 Å². The van der Waals surface area contributed by atoms with E-state index >= 15 is 0 Å². The molecule has 0 fully saturated rings. The van der Waals surface area contributed by atoms with Crippen LogP contribution in [0.15, 0.2) is 22.7 Å². The zero-order valence-corrected chi connectivity index (χ0v) is 13.5. The van der Waals surface area contributed by atoms with Gasteiger partial charge in [-0.3, -0.25) is 10.1 Å². The molecule has 0 radical (unpaired) electrons. The van der Waals surface area contributed by atoms with Crippen LogP contribution in [0.4, 0.5) is 10.5 Å². The number of carbonyl (C=O) groups is 1. The minimum Gasteiger partial charge on any atom is -0.444 e. The molecule has 0 unspecified atom stereocenters. The van der Waals surface area contributed by atoms with E-state index in [4.69, 9.17) is 4.74 Å². The van der Waals surface area contributed by atoms with Crippen LogP contribution in [-0.2, 0) is 4.74 Å². The molecule has 0 aliphatic heterocycles. The van der Waals surface area contributed by atoms with Crippen molar-refractivity contribution in [1.29, 1.82) is 0 Å². The standard InChI is InChI=1S/C14H15BrN2O4/c1-14(2,3)21-13(18)16-8-4-5-10-6-7-11(15)9-12(10)17(19)20/h6-7,9H,8H2,1-3H3,(H,16,18). The first kappa shape index (κ1) is 17.0. The predicted octanol–water partition coefficient (Wildman–Crippen LogP) is 3.23. The molecule has 0 saturated heterocycles. The highest BCUT2D eigenvalue weighted by molar-refractivity contribution is 9.10. The molecule has 0 heterocycles. The number of benzene rings is 1. The summed E-state index contributed by atoms with van der Waals surface area (Å²) in [4.78, 5) is 21.8. The third-order valence-corrected chi connectivity index (χ3v) is 2.59. The number of amides is 1. The Balaban J connectivity index is 2.68. The molecule has 0 bridgehead atoms. The van der Waals surface area contributed by atoms with Crippen molar-refractivity contribution < 1.29 is 14.5 Å². The minimum atomic E-state index is -0.581. The molecule has 0 atom stereocenters. The maximum Gasteiger partial charge on any atom is 0.408 e. The summed E-state index contributed by atoms with van der Waals surface area (Å²) in [5.74, 6) is 5.31. The fourth-order valence-electron chi connectivity index (χ4n) is 1.33. The summed E-state index contributed by atoms with van der Waals surface area (Å²) >= 11 is 3.17. The number of ether oxygens (including phenoxy) is 1. The van der Waals surface area contributed by atoms with E-state index in [1.165, 1.54) is 6.07 Å². The van der Waals surface area contributed by atoms with E-state index < -0.39 is 16.6 Å². The minimum absolute atomic E-state index is 0.0438. The second-order valence-electron chi connectivity index (χ2n) is 5.08. The van der Waals surface area contributed by atoms with Crippen LogP contribution >= 0.6 is 15.9 Å². The fourth-order valence-corrected chi connectivity index (χ4v) is 1.68. The summed E-state index contributed by atoms with van der Waals surface area (Å²) in [5, 5.41) is 13.4. The van der Waals surface area contributed by atoms with Crippen molar-refractivity contribution in [3.05, 3.63) is 38.3 Å². The van der Waals surface area contributed by atoms with Gasteiger partial charge in [-0.1, -0.05) is 27.8 Å². The smallest absolute Gasteiger partial charge is 0.408 e. The molecule has 21 heavy (non-hydrogen) atoms. The lowest BCUT2D eigenvalue weighted by Gasteiger charge is -2.18. The molecule has 0 saturated carbocycles. The van der Waals surface area contributed by atoms with Gasteiger partial charge in [0.25, 0.3) is 5.69 Å². The number of hydrogen-bond donors (Lipinski definition) is 1. The molecule has 0 spiro atoms. The van der Waals surface area contributed by atoms with Gasteiger partial charge in [0.15, 0.2) is 0 Å². The number of alkyl carbamates (subject to hydrolysis) is 1. The second kappa shape index (κ2) is 7.09. The Morgan fingerprint density at radius 1 is 1.48 bits per heavy atom. The highest BCUT2D eigenvalue weighted by Crippen LogP contribution is 2.22. The Morgan fingerprint density at radius 2 is 2.14 bits per heavy atom. The van der Waals surface area contributed by atoms with Crippen molar-refractivity contribution in [2.75, 3.05) is 6.54 Å². The monoisotopic (exact) mass is 354 g/mol. The van der Waals surface area contributed by atoms with Crippen LogP contribution in [0.25, 0.3) is 0 Å². The van der Waals surface area contributed by atoms with Crippen molar-refractivity contribution in [1.82, 2.24) is 5.32 Å². The van der Waals surface area contributed by atoms with E-state index in [1.807, 2.05) is 0 Å². The number of nitrogens with zero attached hydrogens (tertiary/aromatic N) is 1. The first-order valence-electron chi connectivity index (χ1n) is 6.09. The van der Waals surface area contributed by atoms with Crippen LogP contribution in [0.5, 0.6) is 0 Å². The molecular formula is C14H15BrN2O4. The first-order valence-corrected chi connectivity index (χ1v) is 6.88. The van der Waals surface area contributed by atoms with E-state index in [9.17, 15) is 14.9 Å². The summed E-state index contributed by atoms with van der Waals surface area (Å²) < 4.78 is 5.64. The van der Waals surface area contributed by atoms with Gasteiger partial charge in [-0.05, 0) is 32.9 Å². The summed E-state index contributed by atoms with van der Waals surface area (Å²) in [5.41, 5.74) is -0.384. The Labute approximate surface area is 131 Å². The Morgan fingerprint density at radius 3 is 2.71 bits per heavy atom. The highest BCUT2D eigenvalue weighted by Gasteiger charge is 2.15. The normalized spacial score (nSPS) is 10.3. The van der Waals surface area contributed by atoms with E-state index in [-0.39, 0.29) is 17.8 Å². The van der Waals surface area contributed by atoms with Crippen LogP contribution < -0.4 is 5.32 Å². The second-order valence-corrected chi connectivity index (χ2v) is 5.99. The SMILES string of the molecule is CC(C)(C)OC(=O)NCC#Cc1ccc(Br)cc1[N+](=O)[O-]. The van der Waals surface area contributed by atoms with Gasteiger partial charge in [-0.2, -0.15) is 0 Å². The quantitative estimate of drug-likeness (QED) is 0.502. The molecule has 0 aliphatic rings. The third kappa shape index (κ3) is 6.27. The molecular weight excluding hydrogens is 340 g/mol. The highest BCUT2D eigenvalue weighted by atomic mass is 79.9. The Kier molecular flexibility index (Phi) is 5.73. The molecule has 1 N–H and O–H groups in total. The summed E-state index contributed by atoms with van der Waals surface area (Å²) in [7, 11) is 0. The molecule has 112 valence electrons. The summed E-state index contributed by atoms with van der Waals surface area (Å²) in [6.45, 7) is 5.30. The van der Waals surface area contributed by atoms with Gasteiger partial charge in [-0.15, -0.1) is 0 Å². The molecule has 1 aromatic carbocycles. The van der Waals surface area contributed by atoms with Crippen LogP contribution in [0, 0.1) is 22.0 Å². The zero-order valence-electron chi connectivity index (χ0n) is 11.9. The molecule has 1 aromatic rings. The third-order valence-electron chi connectivity index (χ3n) is 2.10. The largest absolute Gasteiger partial charge is 0.444 e. The Hall–Kier alpha value is -2.07. The van der Waals surface area contributed by atoms with Gasteiger partial charge >= 0.3 is 6.09 Å². The number of nitro groups is 1. The molecule has 6 nitrogen and oxygen atoms in total. The van der Waals surface area contributed by atoms with Gasteiger partial charge in [0.2, 0.25) is 0 Å². The summed E-state index contributed by atoms with van der Waals surface area (Å²) in [6.07, 6.45) is -0.581. The first-order chi connectivity index (χ1) is 9.69. The van der Waals surface area contributed by atoms with Crippen LogP contribution in [0.1, 0.15) is 26.3 Å². The lowest BCUT2D eigenvalue weighted by Crippen LogP contribution is -2.32. The van der Waals surface area contributed by atoms with E-state index in [0.29, 0.717) is 4.47 Å². The summed E-state index contributed by atoms with van der Waals surface area (Å²) in [6, 6.07) is 4.59. The van der Waals surface area contributed by atoms with E-state index in [0.717, 1.165) is 0 Å². The zero-order chi connectivity index (χ0) is 16.0. The molecule has 1 amide bonds. The maximum absolute atomic E-state index is 11.4. The number of halogens is 1. The van der Waals surface area contributed by atoms with Crippen LogP contribution in [0.3, 0.4) is 0 Å². The van der Waals surface area contributed by atoms with Crippen molar-refractivity contribution in [2.24, 2.45) is 0 Å². The van der Waals surface area contributed by atoms with Crippen molar-refractivity contribution in [3.8, 4) is 11.8 Å². The lowest BCUT2D eigenvalue weighted by molar-refractivity contribution is -0.385. The number of nitro benzene ring substituents is 1. The molecule has 7 heteroatoms. The van der Waals surface area contributed by atoms with Gasteiger partial charge in [0.1, 0.15) is 11.2 Å². The predicted molar refractivity (Wildman–Crippen MR) is 81.9 cm³/mol. The van der Waals surface area contributed by atoms with Gasteiger partial charge in [0, 0.05) is 10.5 Å². The average molecular weight is 355 g/mol. The van der Waals surface area contributed by atoms with Gasteiger partial charge in [0.05, 0.1) is 11.5 Å². The topological polar surface area (TPSA) is 81.5 Å². The Bertz CT molecular complexity index is 612. The average Bonchev–Trinajstić information content (AvgIpc) is 2.33.